The van der Waals surface area contributed by atoms with Crippen molar-refractivity contribution < 1.29 is 9.59 Å². The molecule has 0 aliphatic heterocycles. The molecule has 42 heavy (non-hydrogen) atoms. The van der Waals surface area contributed by atoms with Crippen molar-refractivity contribution in [2.45, 2.75) is 13.3 Å². The van der Waals surface area contributed by atoms with Crippen molar-refractivity contribution in [3.63, 3.8) is 0 Å². The zero-order chi connectivity index (χ0) is 30.0. The van der Waals surface area contributed by atoms with E-state index in [1.54, 1.807) is 18.2 Å². The number of anilines is 2. The third-order valence-electron chi connectivity index (χ3n) is 7.19. The Hall–Kier alpha value is -5.76. The van der Waals surface area contributed by atoms with Gasteiger partial charge in [0.2, 0.25) is 0 Å². The first-order valence-corrected chi connectivity index (χ1v) is 13.4. The van der Waals surface area contributed by atoms with Crippen LogP contribution in [0.4, 0.5) is 11.4 Å². The normalized spacial score (nSPS) is 10.8. The predicted molar refractivity (Wildman–Crippen MR) is 173 cm³/mol. The van der Waals surface area contributed by atoms with Crippen LogP contribution in [0, 0.1) is 0 Å². The maximum Gasteiger partial charge on any atom is 0.250 e. The van der Waals surface area contributed by atoms with Crippen LogP contribution in [-0.4, -0.2) is 21.8 Å². The highest BCUT2D eigenvalue weighted by Crippen LogP contribution is 2.34. The number of benzene rings is 4. The number of amides is 2. The maximum absolute atomic E-state index is 11.6. The minimum absolute atomic E-state index is 0.427. The summed E-state index contributed by atoms with van der Waals surface area (Å²) in [6, 6.07) is 26.7. The van der Waals surface area contributed by atoms with Crippen LogP contribution in [0.2, 0.25) is 0 Å². The number of nitrogen functional groups attached to an aromatic ring is 2. The van der Waals surface area contributed by atoms with Crippen molar-refractivity contribution in [2.24, 2.45) is 11.5 Å². The average molecular weight is 557 g/mol. The van der Waals surface area contributed by atoms with Crippen molar-refractivity contribution in [1.29, 1.82) is 0 Å². The molecule has 0 fully saturated rings. The monoisotopic (exact) mass is 556 g/mol. The van der Waals surface area contributed by atoms with Gasteiger partial charge in [-0.15, -0.1) is 0 Å². The molecule has 0 aliphatic carbocycles. The lowest BCUT2D eigenvalue weighted by atomic mass is 9.98. The number of hydrogen-bond donors (Lipinski definition) is 6. The molecule has 8 nitrogen and oxygen atoms in total. The van der Waals surface area contributed by atoms with Gasteiger partial charge in [-0.3, -0.25) is 9.59 Å². The van der Waals surface area contributed by atoms with E-state index < -0.39 is 11.8 Å². The summed E-state index contributed by atoms with van der Waals surface area (Å²) in [5, 5.41) is 1.92. The van der Waals surface area contributed by atoms with Gasteiger partial charge < -0.3 is 32.9 Å². The van der Waals surface area contributed by atoms with Crippen LogP contribution in [0.3, 0.4) is 0 Å². The number of nitrogens with two attached hydrogens (primary N) is 4. The Labute approximate surface area is 243 Å². The molecule has 0 unspecified atom stereocenters. The lowest BCUT2D eigenvalue weighted by molar-refractivity contribution is 0.0993. The van der Waals surface area contributed by atoms with Crippen LogP contribution in [0.1, 0.15) is 39.0 Å². The minimum Gasteiger partial charge on any atom is -0.399 e. The van der Waals surface area contributed by atoms with Crippen molar-refractivity contribution in [3.8, 4) is 22.3 Å². The number of aromatic amines is 2. The molecule has 0 saturated heterocycles. The lowest BCUT2D eigenvalue weighted by Crippen LogP contribution is -2.11. The molecule has 0 aliphatic rings. The van der Waals surface area contributed by atoms with Crippen molar-refractivity contribution in [1.82, 2.24) is 9.97 Å². The fourth-order valence-electron chi connectivity index (χ4n) is 5.14. The van der Waals surface area contributed by atoms with Crippen LogP contribution < -0.4 is 22.9 Å². The summed E-state index contributed by atoms with van der Waals surface area (Å²) in [4.78, 5) is 29.6. The standard InChI is InChI=1S/C17H17N3O.C17H15N3O/c2*1-2-12-9-15-13(10-4-3-5-11(18)8-10)6-7-14(17(19)21)16(15)20-12/h3-9,20H,2,18H2,1H3,(H2,19,21);2-9,20H,1,18H2,(H2,19,21). The van der Waals surface area contributed by atoms with E-state index in [2.05, 4.69) is 29.5 Å². The predicted octanol–water partition coefficient (Wildman–Crippen LogP) is 6.24. The zero-order valence-electron chi connectivity index (χ0n) is 23.2. The molecule has 2 heterocycles. The first-order valence-electron chi connectivity index (χ1n) is 13.4. The summed E-state index contributed by atoms with van der Waals surface area (Å²) in [5.41, 5.74) is 32.5. The smallest absolute Gasteiger partial charge is 0.250 e. The topological polar surface area (TPSA) is 170 Å². The summed E-state index contributed by atoms with van der Waals surface area (Å²) < 4.78 is 0. The van der Waals surface area contributed by atoms with Crippen LogP contribution in [-0.2, 0) is 6.42 Å². The second-order valence-corrected chi connectivity index (χ2v) is 9.96. The second-order valence-electron chi connectivity index (χ2n) is 9.96. The quantitative estimate of drug-likeness (QED) is 0.134. The molecule has 0 saturated carbocycles. The van der Waals surface area contributed by atoms with E-state index in [1.165, 1.54) is 0 Å². The van der Waals surface area contributed by atoms with E-state index in [4.69, 9.17) is 22.9 Å². The fraction of sp³-hybridized carbons (Fsp3) is 0.0588. The molecule has 0 radical (unpaired) electrons. The van der Waals surface area contributed by atoms with Crippen molar-refractivity contribution in [3.05, 3.63) is 114 Å². The fourth-order valence-corrected chi connectivity index (χ4v) is 5.14. The van der Waals surface area contributed by atoms with Crippen LogP contribution in [0.15, 0.2) is 91.5 Å². The number of hydrogen-bond acceptors (Lipinski definition) is 4. The molecule has 8 heteroatoms. The Balaban J connectivity index is 0.000000168. The Morgan fingerprint density at radius 2 is 1.21 bits per heavy atom. The third-order valence-corrected chi connectivity index (χ3v) is 7.19. The molecule has 210 valence electrons. The van der Waals surface area contributed by atoms with E-state index in [9.17, 15) is 9.59 Å². The molecule has 6 aromatic rings. The Morgan fingerprint density at radius 1 is 0.714 bits per heavy atom. The Bertz CT molecular complexity index is 1980. The molecule has 10 N–H and O–H groups in total. The summed E-state index contributed by atoms with van der Waals surface area (Å²) in [6.07, 6.45) is 2.57. The molecule has 0 bridgehead atoms. The summed E-state index contributed by atoms with van der Waals surface area (Å²) in [6.45, 7) is 5.81. The van der Waals surface area contributed by atoms with Gasteiger partial charge in [0.15, 0.2) is 0 Å². The van der Waals surface area contributed by atoms with E-state index >= 15 is 0 Å². The van der Waals surface area contributed by atoms with Gasteiger partial charge in [0.25, 0.3) is 11.8 Å². The Morgan fingerprint density at radius 3 is 1.67 bits per heavy atom. The Kier molecular flexibility index (Phi) is 7.53. The molecular weight excluding hydrogens is 524 g/mol. The number of rotatable bonds is 6. The molecule has 6 rings (SSSR count). The summed E-state index contributed by atoms with van der Waals surface area (Å²) >= 11 is 0. The van der Waals surface area contributed by atoms with Gasteiger partial charge in [0, 0.05) is 33.5 Å². The first kappa shape index (κ1) is 27.8. The van der Waals surface area contributed by atoms with Gasteiger partial charge in [0.05, 0.1) is 22.2 Å². The highest BCUT2D eigenvalue weighted by Gasteiger charge is 2.15. The number of aryl methyl sites for hydroxylation is 1. The van der Waals surface area contributed by atoms with Gasteiger partial charge >= 0.3 is 0 Å². The van der Waals surface area contributed by atoms with Crippen molar-refractivity contribution >= 4 is 51.1 Å². The number of fused-ring (bicyclic) bond motifs is 2. The van der Waals surface area contributed by atoms with E-state index in [1.807, 2.05) is 66.7 Å². The molecule has 0 spiro atoms. The van der Waals surface area contributed by atoms with E-state index in [-0.39, 0.29) is 0 Å². The van der Waals surface area contributed by atoms with Crippen LogP contribution in [0.5, 0.6) is 0 Å². The number of H-pyrrole nitrogens is 2. The number of aromatic nitrogens is 2. The van der Waals surface area contributed by atoms with Gasteiger partial charge in [-0.25, -0.2) is 0 Å². The second kappa shape index (κ2) is 11.4. The van der Waals surface area contributed by atoms with Gasteiger partial charge in [-0.1, -0.05) is 49.9 Å². The third kappa shape index (κ3) is 5.33. The highest BCUT2D eigenvalue weighted by atomic mass is 16.1. The molecule has 2 amide bonds. The molecule has 0 atom stereocenters. The zero-order valence-corrected chi connectivity index (χ0v) is 23.2. The van der Waals surface area contributed by atoms with Crippen molar-refractivity contribution in [2.75, 3.05) is 11.5 Å². The first-order chi connectivity index (χ1) is 20.2. The number of carbonyl (C=O) groups is 2. The average Bonchev–Trinajstić information content (AvgIpc) is 3.61. The molecule has 2 aromatic heterocycles. The van der Waals surface area contributed by atoms with Crippen LogP contribution >= 0.6 is 0 Å². The molecular formula is C34H32N6O2. The van der Waals surface area contributed by atoms with Gasteiger partial charge in [0.1, 0.15) is 0 Å². The molecule has 4 aromatic carbocycles. The van der Waals surface area contributed by atoms with E-state index in [0.717, 1.165) is 61.9 Å². The van der Waals surface area contributed by atoms with Gasteiger partial charge in [-0.05, 0) is 83.3 Å². The minimum atomic E-state index is -0.461. The SMILES string of the molecule is C=Cc1cc2c(-c3cccc(N)c3)ccc(C(N)=O)c2[nH]1.CCc1cc2c(-c3cccc(N)c3)ccc(C(N)=O)c2[nH]1. The number of carbonyl (C=O) groups excluding carboxylic acids is 2. The summed E-state index contributed by atoms with van der Waals surface area (Å²) in [5.74, 6) is -0.889. The largest absolute Gasteiger partial charge is 0.399 e. The lowest BCUT2D eigenvalue weighted by Gasteiger charge is -2.07. The summed E-state index contributed by atoms with van der Waals surface area (Å²) in [7, 11) is 0. The van der Waals surface area contributed by atoms with Crippen LogP contribution in [0.25, 0.3) is 50.1 Å². The maximum atomic E-state index is 11.6. The number of primary amides is 2. The number of nitrogens with one attached hydrogen (secondary N) is 2. The van der Waals surface area contributed by atoms with E-state index in [0.29, 0.717) is 22.5 Å². The highest BCUT2D eigenvalue weighted by molar-refractivity contribution is 6.10. The van der Waals surface area contributed by atoms with Gasteiger partial charge in [-0.2, -0.15) is 0 Å².